The third-order valence-corrected chi connectivity index (χ3v) is 1.39. The van der Waals surface area contributed by atoms with Gasteiger partial charge in [0.05, 0.1) is 26.7 Å². The molecule has 0 heterocycles. The summed E-state index contributed by atoms with van der Waals surface area (Å²) in [6.07, 6.45) is -5.27. The summed E-state index contributed by atoms with van der Waals surface area (Å²) in [5.74, 6) is -3.27. The van der Waals surface area contributed by atoms with Gasteiger partial charge in [-0.3, -0.25) is 4.79 Å². The predicted octanol–water partition coefficient (Wildman–Crippen LogP) is 1.21. The molecule has 0 aliphatic rings. The van der Waals surface area contributed by atoms with Crippen molar-refractivity contribution in [2.45, 2.75) is 12.6 Å². The number of allylic oxidation sites excluding steroid dienone is 1. The van der Waals surface area contributed by atoms with Gasteiger partial charge in [-0.1, -0.05) is 0 Å². The van der Waals surface area contributed by atoms with Crippen LogP contribution in [0.5, 0.6) is 0 Å². The second-order valence-corrected chi connectivity index (χ2v) is 2.44. The van der Waals surface area contributed by atoms with Gasteiger partial charge in [-0.05, 0) is 0 Å². The van der Waals surface area contributed by atoms with Crippen molar-refractivity contribution in [2.24, 2.45) is 0 Å². The number of carbonyl (C=O) groups is 2. The molecule has 0 bridgehead atoms. The van der Waals surface area contributed by atoms with Crippen molar-refractivity contribution in [1.82, 2.24) is 0 Å². The minimum atomic E-state index is -4.94. The Morgan fingerprint density at radius 1 is 1.20 bits per heavy atom. The zero-order valence-electron chi connectivity index (χ0n) is 8.05. The molecule has 0 fully saturated rings. The zero-order valence-corrected chi connectivity index (χ0v) is 8.05. The zero-order chi connectivity index (χ0) is 12.1. The Labute approximate surface area is 83.7 Å². The van der Waals surface area contributed by atoms with E-state index >= 15 is 0 Å². The van der Waals surface area contributed by atoms with Crippen LogP contribution in [0.1, 0.15) is 6.42 Å². The quantitative estimate of drug-likeness (QED) is 0.410. The normalized spacial score (nSPS) is 12.2. The maximum absolute atomic E-state index is 11.8. The summed E-state index contributed by atoms with van der Waals surface area (Å²) in [6, 6.07) is 0. The van der Waals surface area contributed by atoms with Gasteiger partial charge in [0.1, 0.15) is 5.76 Å². The molecule has 0 N–H and O–H groups in total. The topological polar surface area (TPSA) is 52.6 Å². The minimum Gasteiger partial charge on any atom is -0.500 e. The fourth-order valence-corrected chi connectivity index (χ4v) is 0.631. The molecule has 0 saturated heterocycles. The fourth-order valence-electron chi connectivity index (χ4n) is 0.631. The van der Waals surface area contributed by atoms with Gasteiger partial charge in [0.25, 0.3) is 0 Å². The third kappa shape index (κ3) is 5.04. The number of Topliss-reactive ketones (excluding diaryl/α,β-unsaturated/α-hetero) is 1. The average molecular weight is 226 g/mol. The van der Waals surface area contributed by atoms with Crippen molar-refractivity contribution < 1.29 is 32.2 Å². The van der Waals surface area contributed by atoms with Crippen molar-refractivity contribution >= 4 is 11.8 Å². The molecule has 4 nitrogen and oxygen atoms in total. The van der Waals surface area contributed by atoms with Crippen LogP contribution in [-0.2, 0) is 19.1 Å². The molecule has 15 heavy (non-hydrogen) atoms. The van der Waals surface area contributed by atoms with Gasteiger partial charge in [-0.25, -0.2) is 4.79 Å². The number of hydrogen-bond acceptors (Lipinski definition) is 4. The van der Waals surface area contributed by atoms with Gasteiger partial charge in [-0.2, -0.15) is 13.2 Å². The van der Waals surface area contributed by atoms with E-state index in [1.54, 1.807) is 0 Å². The van der Waals surface area contributed by atoms with Crippen molar-refractivity contribution in [3.05, 3.63) is 11.8 Å². The minimum absolute atomic E-state index is 0.399. The lowest BCUT2D eigenvalue weighted by Crippen LogP contribution is -2.23. The average Bonchev–Trinajstić information content (AvgIpc) is 2.14. The SMILES string of the molecule is COC(=O)C=C(CC(=O)C(F)(F)F)OC. The molecule has 0 radical (unpaired) electrons. The number of halogens is 3. The maximum Gasteiger partial charge on any atom is 0.450 e. The lowest BCUT2D eigenvalue weighted by Gasteiger charge is -2.07. The van der Waals surface area contributed by atoms with E-state index in [1.165, 1.54) is 0 Å². The van der Waals surface area contributed by atoms with Crippen LogP contribution in [0.25, 0.3) is 0 Å². The third-order valence-electron chi connectivity index (χ3n) is 1.39. The van der Waals surface area contributed by atoms with Crippen LogP contribution in [0.15, 0.2) is 11.8 Å². The van der Waals surface area contributed by atoms with E-state index in [0.29, 0.717) is 6.08 Å². The first-order chi connectivity index (χ1) is 6.81. The van der Waals surface area contributed by atoms with Gasteiger partial charge in [0.15, 0.2) is 0 Å². The molecule has 0 spiro atoms. The Kier molecular flexibility index (Phi) is 4.83. The van der Waals surface area contributed by atoms with Gasteiger partial charge in [0.2, 0.25) is 5.78 Å². The molecule has 86 valence electrons. The fraction of sp³-hybridized carbons (Fsp3) is 0.500. The molecule has 0 amide bonds. The van der Waals surface area contributed by atoms with E-state index in [9.17, 15) is 22.8 Å². The maximum atomic E-state index is 11.8. The van der Waals surface area contributed by atoms with Gasteiger partial charge >= 0.3 is 12.1 Å². The molecular formula is C8H9F3O4. The van der Waals surface area contributed by atoms with Crippen LogP contribution < -0.4 is 0 Å². The van der Waals surface area contributed by atoms with Crippen LogP contribution in [-0.4, -0.2) is 32.1 Å². The van der Waals surface area contributed by atoms with E-state index < -0.39 is 30.1 Å². The monoisotopic (exact) mass is 226 g/mol. The van der Waals surface area contributed by atoms with E-state index in [2.05, 4.69) is 9.47 Å². The lowest BCUT2D eigenvalue weighted by molar-refractivity contribution is -0.170. The van der Waals surface area contributed by atoms with Crippen molar-refractivity contribution in [3.63, 3.8) is 0 Å². The summed E-state index contributed by atoms with van der Waals surface area (Å²) < 4.78 is 44.0. The van der Waals surface area contributed by atoms with Crippen LogP contribution >= 0.6 is 0 Å². The largest absolute Gasteiger partial charge is 0.500 e. The van der Waals surface area contributed by atoms with Crippen molar-refractivity contribution in [1.29, 1.82) is 0 Å². The number of carbonyl (C=O) groups excluding carboxylic acids is 2. The summed E-state index contributed by atoms with van der Waals surface area (Å²) >= 11 is 0. The molecule has 0 rings (SSSR count). The van der Waals surface area contributed by atoms with Crippen molar-refractivity contribution in [3.8, 4) is 0 Å². The van der Waals surface area contributed by atoms with E-state index in [1.807, 2.05) is 0 Å². The van der Waals surface area contributed by atoms with Gasteiger partial charge in [-0.15, -0.1) is 0 Å². The first-order valence-electron chi connectivity index (χ1n) is 3.73. The number of esters is 1. The van der Waals surface area contributed by atoms with Gasteiger partial charge < -0.3 is 9.47 Å². The molecule has 0 atom stereocenters. The second-order valence-electron chi connectivity index (χ2n) is 2.44. The molecular weight excluding hydrogens is 217 g/mol. The highest BCUT2D eigenvalue weighted by molar-refractivity contribution is 5.88. The van der Waals surface area contributed by atoms with E-state index in [0.717, 1.165) is 14.2 Å². The Morgan fingerprint density at radius 2 is 1.73 bits per heavy atom. The molecule has 0 aliphatic carbocycles. The number of ether oxygens (including phenoxy) is 2. The number of alkyl halides is 3. The second kappa shape index (κ2) is 5.38. The highest BCUT2D eigenvalue weighted by Gasteiger charge is 2.38. The predicted molar refractivity (Wildman–Crippen MR) is 42.8 cm³/mol. The molecule has 0 aromatic heterocycles. The number of rotatable bonds is 4. The number of ketones is 1. The Balaban J connectivity index is 4.54. The molecule has 7 heteroatoms. The highest BCUT2D eigenvalue weighted by atomic mass is 19.4. The summed E-state index contributed by atoms with van der Waals surface area (Å²) in [5.41, 5.74) is 0. The first kappa shape index (κ1) is 13.5. The summed E-state index contributed by atoms with van der Waals surface area (Å²) in [7, 11) is 2.11. The molecule has 0 unspecified atom stereocenters. The van der Waals surface area contributed by atoms with Crippen LogP contribution in [0.4, 0.5) is 13.2 Å². The Morgan fingerprint density at radius 3 is 2.07 bits per heavy atom. The Bertz CT molecular complexity index is 280. The molecule has 0 aromatic carbocycles. The Hall–Kier alpha value is -1.53. The summed E-state index contributed by atoms with van der Waals surface area (Å²) in [4.78, 5) is 21.1. The number of hydrogen-bond donors (Lipinski definition) is 0. The molecule has 0 saturated carbocycles. The first-order valence-corrected chi connectivity index (χ1v) is 3.73. The molecule has 0 aliphatic heterocycles. The smallest absolute Gasteiger partial charge is 0.450 e. The van der Waals surface area contributed by atoms with Crippen LogP contribution in [0.2, 0.25) is 0 Å². The lowest BCUT2D eigenvalue weighted by atomic mass is 10.2. The van der Waals surface area contributed by atoms with Crippen LogP contribution in [0, 0.1) is 0 Å². The number of methoxy groups -OCH3 is 2. The van der Waals surface area contributed by atoms with Crippen LogP contribution in [0.3, 0.4) is 0 Å². The summed E-state index contributed by atoms with van der Waals surface area (Å²) in [5, 5.41) is 0. The highest BCUT2D eigenvalue weighted by Crippen LogP contribution is 2.20. The molecule has 0 aromatic rings. The van der Waals surface area contributed by atoms with E-state index in [-0.39, 0.29) is 0 Å². The van der Waals surface area contributed by atoms with Crippen molar-refractivity contribution in [2.75, 3.05) is 14.2 Å². The van der Waals surface area contributed by atoms with E-state index in [4.69, 9.17) is 0 Å². The standard InChI is InChI=1S/C8H9F3O4/c1-14-5(4-7(13)15-2)3-6(12)8(9,10)11/h4H,3H2,1-2H3. The van der Waals surface area contributed by atoms with Gasteiger partial charge in [0, 0.05) is 0 Å². The summed E-state index contributed by atoms with van der Waals surface area (Å²) in [6.45, 7) is 0.